The Morgan fingerprint density at radius 3 is 2.65 bits per heavy atom. The molecule has 0 saturated carbocycles. The van der Waals surface area contributed by atoms with Crippen molar-refractivity contribution in [2.75, 3.05) is 0 Å². The van der Waals surface area contributed by atoms with Crippen LogP contribution in [0.25, 0.3) is 0 Å². The molecule has 0 amide bonds. The minimum absolute atomic E-state index is 0.0446. The van der Waals surface area contributed by atoms with Crippen molar-refractivity contribution in [3.05, 3.63) is 54.9 Å². The van der Waals surface area contributed by atoms with Crippen molar-refractivity contribution in [2.24, 2.45) is 0 Å². The van der Waals surface area contributed by atoms with Crippen molar-refractivity contribution in [2.45, 2.75) is 6.92 Å². The highest BCUT2D eigenvalue weighted by Gasteiger charge is 2.17. The van der Waals surface area contributed by atoms with Gasteiger partial charge in [-0.1, -0.05) is 11.6 Å². The largest absolute Gasteiger partial charge is 0.288 e. The van der Waals surface area contributed by atoms with E-state index in [9.17, 15) is 9.18 Å². The molecule has 1 nitrogen and oxygen atoms in total. The molecule has 17 heavy (non-hydrogen) atoms. The molecule has 0 atom stereocenters. The number of benzene rings is 1. The lowest BCUT2D eigenvalue weighted by atomic mass is 10.1. The van der Waals surface area contributed by atoms with Gasteiger partial charge in [-0.3, -0.25) is 4.79 Å². The van der Waals surface area contributed by atoms with Crippen LogP contribution in [-0.4, -0.2) is 5.78 Å². The Bertz CT molecular complexity index is 575. The highest BCUT2D eigenvalue weighted by Crippen LogP contribution is 2.29. The van der Waals surface area contributed by atoms with E-state index in [2.05, 4.69) is 15.9 Å². The highest BCUT2D eigenvalue weighted by atomic mass is 79.9. The van der Waals surface area contributed by atoms with E-state index in [0.717, 1.165) is 15.4 Å². The SMILES string of the molecule is Cc1cc(C(=O)c2ccc(Cl)cc2F)sc1Br. The molecule has 1 aromatic heterocycles. The number of carbonyl (C=O) groups is 1. The number of halogens is 3. The number of aryl methyl sites for hydroxylation is 1. The molecule has 1 heterocycles. The third-order valence-corrected chi connectivity index (χ3v) is 4.63. The van der Waals surface area contributed by atoms with E-state index in [-0.39, 0.29) is 16.4 Å². The molecule has 2 aromatic rings. The first kappa shape index (κ1) is 12.7. The molecule has 0 spiro atoms. The summed E-state index contributed by atoms with van der Waals surface area (Å²) in [6, 6.07) is 5.80. The average Bonchev–Trinajstić information content (AvgIpc) is 2.58. The second-order valence-electron chi connectivity index (χ2n) is 3.52. The van der Waals surface area contributed by atoms with Gasteiger partial charge in [0.25, 0.3) is 0 Å². The third kappa shape index (κ3) is 2.59. The zero-order chi connectivity index (χ0) is 12.6. The Morgan fingerprint density at radius 1 is 1.41 bits per heavy atom. The Labute approximate surface area is 115 Å². The third-order valence-electron chi connectivity index (χ3n) is 2.26. The first-order valence-corrected chi connectivity index (χ1v) is 6.73. The van der Waals surface area contributed by atoms with Crippen molar-refractivity contribution < 1.29 is 9.18 Å². The summed E-state index contributed by atoms with van der Waals surface area (Å²) in [5, 5.41) is 0.280. The second kappa shape index (κ2) is 4.88. The standard InChI is InChI=1S/C12H7BrClFOS/c1-6-4-10(17-12(6)13)11(16)8-3-2-7(14)5-9(8)15/h2-5H,1H3. The molecule has 0 aliphatic carbocycles. The molecule has 0 bridgehead atoms. The molecule has 88 valence electrons. The fourth-order valence-electron chi connectivity index (χ4n) is 1.38. The van der Waals surface area contributed by atoms with Crippen LogP contribution in [-0.2, 0) is 0 Å². The number of ketones is 1. The molecule has 0 unspecified atom stereocenters. The smallest absolute Gasteiger partial charge is 0.205 e. The fourth-order valence-corrected chi connectivity index (χ4v) is 3.03. The van der Waals surface area contributed by atoms with Crippen LogP contribution in [0.3, 0.4) is 0 Å². The summed E-state index contributed by atoms with van der Waals surface area (Å²) in [5.41, 5.74) is 1.01. The summed E-state index contributed by atoms with van der Waals surface area (Å²) in [6.45, 7) is 1.88. The molecule has 0 N–H and O–H groups in total. The van der Waals surface area contributed by atoms with Crippen molar-refractivity contribution in [1.29, 1.82) is 0 Å². The van der Waals surface area contributed by atoms with Gasteiger partial charge in [0.1, 0.15) is 5.82 Å². The molecule has 1 aromatic carbocycles. The van der Waals surface area contributed by atoms with Gasteiger partial charge in [0.05, 0.1) is 14.2 Å². The second-order valence-corrected chi connectivity index (χ2v) is 6.33. The molecule has 0 radical (unpaired) electrons. The maximum Gasteiger partial charge on any atom is 0.205 e. The van der Waals surface area contributed by atoms with Crippen LogP contribution in [0, 0.1) is 12.7 Å². The maximum absolute atomic E-state index is 13.6. The highest BCUT2D eigenvalue weighted by molar-refractivity contribution is 9.11. The first-order valence-electron chi connectivity index (χ1n) is 4.74. The molecular weight excluding hydrogens is 327 g/mol. The Morgan fingerprint density at radius 2 is 2.12 bits per heavy atom. The Hall–Kier alpha value is -0.710. The number of rotatable bonds is 2. The lowest BCUT2D eigenvalue weighted by Gasteiger charge is -2.00. The summed E-state index contributed by atoms with van der Waals surface area (Å²) >= 11 is 10.3. The average molecular weight is 334 g/mol. The predicted octanol–water partition coefficient (Wildman–Crippen LogP) is 4.84. The van der Waals surface area contributed by atoms with Gasteiger partial charge < -0.3 is 0 Å². The van der Waals surface area contributed by atoms with Crippen LogP contribution in [0.5, 0.6) is 0 Å². The van der Waals surface area contributed by atoms with E-state index in [1.54, 1.807) is 6.07 Å². The summed E-state index contributed by atoms with van der Waals surface area (Å²) in [6.07, 6.45) is 0. The molecule has 0 aliphatic heterocycles. The van der Waals surface area contributed by atoms with Crippen LogP contribution in [0.4, 0.5) is 4.39 Å². The van der Waals surface area contributed by atoms with Gasteiger partial charge in [-0.25, -0.2) is 4.39 Å². The number of thiophene rings is 1. The van der Waals surface area contributed by atoms with Crippen LogP contribution in [0.2, 0.25) is 5.02 Å². The summed E-state index contributed by atoms with van der Waals surface area (Å²) in [4.78, 5) is 12.6. The van der Waals surface area contributed by atoms with Gasteiger partial charge in [-0.15, -0.1) is 11.3 Å². The Kier molecular flexibility index (Phi) is 3.66. The zero-order valence-electron chi connectivity index (χ0n) is 8.76. The molecular formula is C12H7BrClFOS. The van der Waals surface area contributed by atoms with E-state index in [1.807, 2.05) is 6.92 Å². The van der Waals surface area contributed by atoms with Gasteiger partial charge in [0.15, 0.2) is 0 Å². The molecule has 5 heteroatoms. The normalized spacial score (nSPS) is 10.6. The van der Waals surface area contributed by atoms with Gasteiger partial charge >= 0.3 is 0 Å². The van der Waals surface area contributed by atoms with E-state index in [1.165, 1.54) is 23.5 Å². The fraction of sp³-hybridized carbons (Fsp3) is 0.0833. The maximum atomic E-state index is 13.6. The molecule has 0 aliphatic rings. The monoisotopic (exact) mass is 332 g/mol. The summed E-state index contributed by atoms with van der Waals surface area (Å²) < 4.78 is 14.5. The summed E-state index contributed by atoms with van der Waals surface area (Å²) in [5.74, 6) is -0.914. The van der Waals surface area contributed by atoms with E-state index in [4.69, 9.17) is 11.6 Å². The Balaban J connectivity index is 2.43. The van der Waals surface area contributed by atoms with Crippen molar-refractivity contribution in [3.8, 4) is 0 Å². The van der Waals surface area contributed by atoms with Crippen molar-refractivity contribution in [1.82, 2.24) is 0 Å². The van der Waals surface area contributed by atoms with Crippen LogP contribution >= 0.6 is 38.9 Å². The van der Waals surface area contributed by atoms with Gasteiger partial charge in [0.2, 0.25) is 5.78 Å². The first-order chi connectivity index (χ1) is 7.99. The molecule has 0 fully saturated rings. The summed E-state index contributed by atoms with van der Waals surface area (Å²) in [7, 11) is 0. The van der Waals surface area contributed by atoms with Crippen LogP contribution < -0.4 is 0 Å². The topological polar surface area (TPSA) is 17.1 Å². The van der Waals surface area contributed by atoms with Gasteiger partial charge in [-0.2, -0.15) is 0 Å². The van der Waals surface area contributed by atoms with Crippen molar-refractivity contribution >= 4 is 44.7 Å². The van der Waals surface area contributed by atoms with E-state index >= 15 is 0 Å². The minimum atomic E-state index is -0.593. The lowest BCUT2D eigenvalue weighted by Crippen LogP contribution is -2.01. The molecule has 0 saturated heterocycles. The number of hydrogen-bond acceptors (Lipinski definition) is 2. The number of carbonyl (C=O) groups excluding carboxylic acids is 1. The molecule has 2 rings (SSSR count). The quantitative estimate of drug-likeness (QED) is 0.719. The van der Waals surface area contributed by atoms with Crippen LogP contribution in [0.15, 0.2) is 28.1 Å². The van der Waals surface area contributed by atoms with Gasteiger partial charge in [-0.05, 0) is 52.7 Å². The van der Waals surface area contributed by atoms with Crippen LogP contribution in [0.1, 0.15) is 20.8 Å². The van der Waals surface area contributed by atoms with Crippen molar-refractivity contribution in [3.63, 3.8) is 0 Å². The minimum Gasteiger partial charge on any atom is -0.288 e. The van der Waals surface area contributed by atoms with E-state index in [0.29, 0.717) is 4.88 Å². The van der Waals surface area contributed by atoms with E-state index < -0.39 is 5.82 Å². The van der Waals surface area contributed by atoms with Gasteiger partial charge in [0, 0.05) is 5.02 Å². The number of hydrogen-bond donors (Lipinski definition) is 0. The lowest BCUT2D eigenvalue weighted by molar-refractivity contribution is 0.103. The zero-order valence-corrected chi connectivity index (χ0v) is 11.9. The predicted molar refractivity (Wildman–Crippen MR) is 71.6 cm³/mol.